The summed E-state index contributed by atoms with van der Waals surface area (Å²) in [5.74, 6) is -1.28. The van der Waals surface area contributed by atoms with Crippen LogP contribution in [-0.4, -0.2) is 30.8 Å². The van der Waals surface area contributed by atoms with Gasteiger partial charge in [-0.15, -0.1) is 0 Å². The van der Waals surface area contributed by atoms with Gasteiger partial charge in [-0.2, -0.15) is 0 Å². The monoisotopic (exact) mass is 334 g/mol. The third kappa shape index (κ3) is 3.99. The van der Waals surface area contributed by atoms with E-state index in [0.717, 1.165) is 5.69 Å². The zero-order valence-corrected chi connectivity index (χ0v) is 14.6. The fourth-order valence-corrected chi connectivity index (χ4v) is 4.27. The number of aliphatic hydroxyl groups excluding tert-OH is 1. The van der Waals surface area contributed by atoms with Crippen LogP contribution in [0.4, 0.5) is 5.69 Å². The van der Waals surface area contributed by atoms with Crippen LogP contribution in [0, 0.1) is 0 Å². The first-order chi connectivity index (χ1) is 11.0. The van der Waals surface area contributed by atoms with E-state index in [1.807, 2.05) is 38.1 Å². The van der Waals surface area contributed by atoms with Crippen molar-refractivity contribution in [3.8, 4) is 0 Å². The van der Waals surface area contributed by atoms with E-state index in [0.29, 0.717) is 24.0 Å². The molecule has 6 heteroatoms. The molecule has 2 atom stereocenters. The number of aromatic nitrogens is 1. The maximum atomic E-state index is 13.4. The summed E-state index contributed by atoms with van der Waals surface area (Å²) in [5.41, 5.74) is 1.34. The second-order valence-corrected chi connectivity index (χ2v) is 7.93. The molecule has 2 rings (SSSR count). The minimum absolute atomic E-state index is 0.316. The number of pyridine rings is 1. The molecule has 1 heterocycles. The largest absolute Gasteiger partial charge is 0.378 e. The molecule has 0 saturated heterocycles. The highest BCUT2D eigenvalue weighted by Crippen LogP contribution is 2.57. The summed E-state index contributed by atoms with van der Waals surface area (Å²) >= 11 is 0. The highest BCUT2D eigenvalue weighted by molar-refractivity contribution is 7.67. The third-order valence-corrected chi connectivity index (χ3v) is 5.98. The van der Waals surface area contributed by atoms with E-state index in [9.17, 15) is 9.67 Å². The minimum Gasteiger partial charge on any atom is -0.378 e. The lowest BCUT2D eigenvalue weighted by atomic mass is 10.3. The molecule has 0 aliphatic carbocycles. The Labute approximate surface area is 137 Å². The summed E-state index contributed by atoms with van der Waals surface area (Å²) < 4.78 is 19.1. The van der Waals surface area contributed by atoms with Gasteiger partial charge in [-0.25, -0.2) is 0 Å². The molecule has 1 aromatic carbocycles. The van der Waals surface area contributed by atoms with Crippen molar-refractivity contribution in [2.45, 2.75) is 19.2 Å². The molecule has 0 saturated carbocycles. The molecule has 0 amide bonds. The third-order valence-electron chi connectivity index (χ3n) is 3.49. The lowest BCUT2D eigenvalue weighted by Crippen LogP contribution is -2.16. The Hall–Kier alpha value is -1.68. The lowest BCUT2D eigenvalue weighted by Gasteiger charge is -2.24. The van der Waals surface area contributed by atoms with Crippen molar-refractivity contribution in [3.63, 3.8) is 0 Å². The average Bonchev–Trinajstić information content (AvgIpc) is 2.59. The maximum absolute atomic E-state index is 13.4. The van der Waals surface area contributed by atoms with Gasteiger partial charge in [0.05, 0.1) is 12.3 Å². The van der Waals surface area contributed by atoms with Crippen LogP contribution in [-0.2, 0) is 9.09 Å². The molecule has 0 fully saturated rings. The Morgan fingerprint density at radius 3 is 2.43 bits per heavy atom. The molecule has 1 aromatic heterocycles. The van der Waals surface area contributed by atoms with Gasteiger partial charge in [0.1, 0.15) is 0 Å². The highest BCUT2D eigenvalue weighted by atomic mass is 31.2. The van der Waals surface area contributed by atoms with Crippen LogP contribution in [0.5, 0.6) is 0 Å². The molecule has 23 heavy (non-hydrogen) atoms. The van der Waals surface area contributed by atoms with Crippen LogP contribution >= 0.6 is 7.37 Å². The van der Waals surface area contributed by atoms with E-state index < -0.39 is 13.2 Å². The molecule has 2 aromatic rings. The fraction of sp³-hybridized carbons (Fsp3) is 0.353. The molecule has 0 spiro atoms. The molecule has 5 nitrogen and oxygen atoms in total. The maximum Gasteiger partial charge on any atom is 0.265 e. The van der Waals surface area contributed by atoms with Crippen LogP contribution in [0.15, 0.2) is 48.7 Å². The van der Waals surface area contributed by atoms with Crippen LogP contribution in [0.3, 0.4) is 0 Å². The zero-order valence-electron chi connectivity index (χ0n) is 13.7. The first-order valence-corrected chi connectivity index (χ1v) is 9.29. The van der Waals surface area contributed by atoms with Crippen LogP contribution < -0.4 is 10.2 Å². The van der Waals surface area contributed by atoms with Gasteiger partial charge < -0.3 is 14.5 Å². The Kier molecular flexibility index (Phi) is 5.94. The van der Waals surface area contributed by atoms with E-state index in [1.165, 1.54) is 0 Å². The Morgan fingerprint density at radius 1 is 1.22 bits per heavy atom. The van der Waals surface area contributed by atoms with E-state index in [4.69, 9.17) is 4.52 Å². The van der Waals surface area contributed by atoms with E-state index >= 15 is 0 Å². The Morgan fingerprint density at radius 2 is 1.91 bits per heavy atom. The van der Waals surface area contributed by atoms with Gasteiger partial charge in [-0.3, -0.25) is 9.55 Å². The number of rotatable bonds is 7. The number of nitrogens with zero attached hydrogens (tertiary/aromatic N) is 2. The normalized spacial score (nSPS) is 15.0. The van der Waals surface area contributed by atoms with Gasteiger partial charge >= 0.3 is 0 Å². The molecule has 2 unspecified atom stereocenters. The SMILES string of the molecule is CCCOP(=O)(c1ccc(N(C)C)cc1)C(O)c1ccccn1. The summed E-state index contributed by atoms with van der Waals surface area (Å²) in [6, 6.07) is 12.4. The van der Waals surface area contributed by atoms with Crippen molar-refractivity contribution in [1.82, 2.24) is 4.98 Å². The molecule has 0 radical (unpaired) electrons. The van der Waals surface area contributed by atoms with Gasteiger partial charge in [0.2, 0.25) is 0 Å². The standard InChI is InChI=1S/C17H23N2O3P/c1-4-13-22-23(21,17(20)16-7-5-6-12-18-16)15-10-8-14(9-11-15)19(2)3/h5-12,17,20H,4,13H2,1-3H3. The summed E-state index contributed by atoms with van der Waals surface area (Å²) in [7, 11) is 0.394. The van der Waals surface area contributed by atoms with E-state index in [-0.39, 0.29) is 0 Å². The van der Waals surface area contributed by atoms with E-state index in [1.54, 1.807) is 36.5 Å². The number of anilines is 1. The topological polar surface area (TPSA) is 62.7 Å². The molecule has 0 aliphatic heterocycles. The number of benzene rings is 1. The summed E-state index contributed by atoms with van der Waals surface area (Å²) in [4.78, 5) is 6.07. The van der Waals surface area contributed by atoms with Crippen molar-refractivity contribution >= 4 is 18.4 Å². The quantitative estimate of drug-likeness (QED) is 0.788. The number of hydrogen-bond donors (Lipinski definition) is 1. The minimum atomic E-state index is -3.48. The predicted molar refractivity (Wildman–Crippen MR) is 93.4 cm³/mol. The molecule has 1 N–H and O–H groups in total. The van der Waals surface area contributed by atoms with Crippen molar-refractivity contribution in [2.24, 2.45) is 0 Å². The second kappa shape index (κ2) is 7.73. The van der Waals surface area contributed by atoms with Gasteiger partial charge in [0, 0.05) is 31.3 Å². The van der Waals surface area contributed by atoms with Crippen LogP contribution in [0.25, 0.3) is 0 Å². The molecular weight excluding hydrogens is 311 g/mol. The van der Waals surface area contributed by atoms with Crippen molar-refractivity contribution < 1.29 is 14.2 Å². The van der Waals surface area contributed by atoms with E-state index in [2.05, 4.69) is 4.98 Å². The van der Waals surface area contributed by atoms with Crippen molar-refractivity contribution in [2.75, 3.05) is 25.6 Å². The Balaban J connectivity index is 2.40. The molecule has 0 aliphatic rings. The van der Waals surface area contributed by atoms with Gasteiger partial charge in [-0.1, -0.05) is 13.0 Å². The molecule has 0 bridgehead atoms. The smallest absolute Gasteiger partial charge is 0.265 e. The van der Waals surface area contributed by atoms with Crippen molar-refractivity contribution in [1.29, 1.82) is 0 Å². The van der Waals surface area contributed by atoms with Gasteiger partial charge in [-0.05, 0) is 42.8 Å². The average molecular weight is 334 g/mol. The predicted octanol–water partition coefficient (Wildman–Crippen LogP) is 3.17. The number of aliphatic hydroxyl groups is 1. The van der Waals surface area contributed by atoms with Crippen LogP contribution in [0.1, 0.15) is 24.9 Å². The lowest BCUT2D eigenvalue weighted by molar-refractivity contribution is 0.211. The van der Waals surface area contributed by atoms with Gasteiger partial charge in [0.15, 0.2) is 5.85 Å². The number of hydrogen-bond acceptors (Lipinski definition) is 5. The molecular formula is C17H23N2O3P. The highest BCUT2D eigenvalue weighted by Gasteiger charge is 2.37. The second-order valence-electron chi connectivity index (χ2n) is 5.47. The van der Waals surface area contributed by atoms with Gasteiger partial charge in [0.25, 0.3) is 7.37 Å². The zero-order chi connectivity index (χ0) is 16.9. The Bertz CT molecular complexity index is 659. The molecule has 124 valence electrons. The van der Waals surface area contributed by atoms with Crippen molar-refractivity contribution in [3.05, 3.63) is 54.4 Å². The summed E-state index contributed by atoms with van der Waals surface area (Å²) in [6.45, 7) is 2.25. The first kappa shape index (κ1) is 17.7. The summed E-state index contributed by atoms with van der Waals surface area (Å²) in [6.07, 6.45) is 2.28. The first-order valence-electron chi connectivity index (χ1n) is 7.60. The fourth-order valence-electron chi connectivity index (χ4n) is 2.17. The summed E-state index contributed by atoms with van der Waals surface area (Å²) in [5, 5.41) is 11.1. The van der Waals surface area contributed by atoms with Crippen LogP contribution in [0.2, 0.25) is 0 Å².